The Morgan fingerprint density at radius 3 is 2.91 bits per heavy atom. The van der Waals surface area contributed by atoms with E-state index in [1.54, 1.807) is 6.20 Å². The molecular formula is C16H20BrN3O2Si. The molecular weight excluding hydrogens is 374 g/mol. The van der Waals surface area contributed by atoms with Crippen LogP contribution in [0, 0.1) is 0 Å². The molecule has 122 valence electrons. The summed E-state index contributed by atoms with van der Waals surface area (Å²) in [7, 11) is -1.07. The van der Waals surface area contributed by atoms with Crippen molar-refractivity contribution in [2.24, 2.45) is 0 Å². The number of rotatable bonds is 6. The van der Waals surface area contributed by atoms with Crippen molar-refractivity contribution in [3.05, 3.63) is 35.1 Å². The van der Waals surface area contributed by atoms with Crippen LogP contribution >= 0.6 is 15.9 Å². The summed E-state index contributed by atoms with van der Waals surface area (Å²) < 4.78 is 14.5. The van der Waals surface area contributed by atoms with Gasteiger partial charge in [0.1, 0.15) is 12.2 Å². The van der Waals surface area contributed by atoms with Crippen LogP contribution in [0.2, 0.25) is 25.7 Å². The van der Waals surface area contributed by atoms with Gasteiger partial charge in [-0.15, -0.1) is 0 Å². The van der Waals surface area contributed by atoms with Crippen LogP contribution in [0.15, 0.2) is 39.5 Å². The van der Waals surface area contributed by atoms with Crippen molar-refractivity contribution in [3.8, 4) is 11.7 Å². The van der Waals surface area contributed by atoms with Gasteiger partial charge in [0.25, 0.3) is 5.89 Å². The Morgan fingerprint density at radius 2 is 2.13 bits per heavy atom. The van der Waals surface area contributed by atoms with Gasteiger partial charge in [0, 0.05) is 31.5 Å². The van der Waals surface area contributed by atoms with E-state index in [1.165, 1.54) is 0 Å². The number of halogens is 1. The van der Waals surface area contributed by atoms with Gasteiger partial charge >= 0.3 is 0 Å². The molecule has 3 aromatic rings. The highest BCUT2D eigenvalue weighted by Gasteiger charge is 2.15. The summed E-state index contributed by atoms with van der Waals surface area (Å²) in [6, 6.07) is 6.92. The number of benzene rings is 1. The molecule has 2 aromatic heterocycles. The summed E-state index contributed by atoms with van der Waals surface area (Å²) in [6.45, 7) is 8.26. The molecule has 0 atom stereocenters. The summed E-state index contributed by atoms with van der Waals surface area (Å²) in [4.78, 5) is 8.86. The summed E-state index contributed by atoms with van der Waals surface area (Å²) in [5.74, 6) is 1.20. The van der Waals surface area contributed by atoms with Gasteiger partial charge in [0.05, 0.1) is 0 Å². The fourth-order valence-corrected chi connectivity index (χ4v) is 3.24. The number of imidazole rings is 1. The first-order valence-corrected chi connectivity index (χ1v) is 12.1. The molecule has 0 aliphatic carbocycles. The molecule has 23 heavy (non-hydrogen) atoms. The highest BCUT2D eigenvalue weighted by atomic mass is 79.9. The molecule has 0 radical (unpaired) electrons. The molecule has 0 fully saturated rings. The quantitative estimate of drug-likeness (QED) is 0.447. The van der Waals surface area contributed by atoms with Gasteiger partial charge in [-0.2, -0.15) is 0 Å². The van der Waals surface area contributed by atoms with Crippen LogP contribution in [0.1, 0.15) is 0 Å². The summed E-state index contributed by atoms with van der Waals surface area (Å²) >= 11 is 3.44. The maximum atomic E-state index is 5.82. The number of nitrogens with zero attached hydrogens (tertiary/aromatic N) is 3. The molecule has 3 rings (SSSR count). The third-order valence-electron chi connectivity index (χ3n) is 3.48. The van der Waals surface area contributed by atoms with Crippen LogP contribution in [0.3, 0.4) is 0 Å². The Labute approximate surface area is 144 Å². The Balaban J connectivity index is 1.74. The molecule has 0 bridgehead atoms. The molecule has 0 unspecified atom stereocenters. The summed E-state index contributed by atoms with van der Waals surface area (Å²) in [5, 5.41) is 0. The molecule has 7 heteroatoms. The first-order chi connectivity index (χ1) is 10.9. The smallest absolute Gasteiger partial charge is 0.264 e. The average Bonchev–Trinajstić information content (AvgIpc) is 3.07. The molecule has 2 heterocycles. The second-order valence-electron chi connectivity index (χ2n) is 6.70. The van der Waals surface area contributed by atoms with Gasteiger partial charge in [0.15, 0.2) is 11.4 Å². The number of hydrogen-bond acceptors (Lipinski definition) is 4. The Kier molecular flexibility index (Phi) is 4.70. The first kappa shape index (κ1) is 16.4. The van der Waals surface area contributed by atoms with Crippen molar-refractivity contribution >= 4 is 35.1 Å². The van der Waals surface area contributed by atoms with Gasteiger partial charge in [0.2, 0.25) is 0 Å². The predicted molar refractivity (Wildman–Crippen MR) is 97.0 cm³/mol. The highest BCUT2D eigenvalue weighted by Crippen LogP contribution is 2.25. The van der Waals surface area contributed by atoms with Crippen molar-refractivity contribution in [2.45, 2.75) is 32.4 Å². The molecule has 0 aliphatic heterocycles. The summed E-state index contributed by atoms with van der Waals surface area (Å²) in [6.07, 6.45) is 3.62. The zero-order chi connectivity index (χ0) is 16.4. The van der Waals surface area contributed by atoms with Crippen molar-refractivity contribution in [3.63, 3.8) is 0 Å². The molecule has 0 amide bonds. The van der Waals surface area contributed by atoms with E-state index < -0.39 is 8.07 Å². The van der Waals surface area contributed by atoms with Crippen molar-refractivity contribution in [1.29, 1.82) is 0 Å². The monoisotopic (exact) mass is 393 g/mol. The number of hydrogen-bond donors (Lipinski definition) is 0. The molecule has 0 aliphatic rings. The summed E-state index contributed by atoms with van der Waals surface area (Å²) in [5.41, 5.74) is 1.56. The fourth-order valence-electron chi connectivity index (χ4n) is 2.15. The van der Waals surface area contributed by atoms with E-state index >= 15 is 0 Å². The predicted octanol–water partition coefficient (Wildman–Crippen LogP) is 4.77. The van der Waals surface area contributed by atoms with Crippen LogP contribution in [0.5, 0.6) is 0 Å². The molecule has 0 saturated heterocycles. The van der Waals surface area contributed by atoms with Crippen LogP contribution in [-0.2, 0) is 11.5 Å². The minimum atomic E-state index is -1.07. The van der Waals surface area contributed by atoms with Gasteiger partial charge in [-0.3, -0.25) is 0 Å². The van der Waals surface area contributed by atoms with Crippen LogP contribution in [0.25, 0.3) is 22.8 Å². The zero-order valence-corrected chi connectivity index (χ0v) is 16.1. The van der Waals surface area contributed by atoms with E-state index in [2.05, 4.69) is 45.5 Å². The van der Waals surface area contributed by atoms with Crippen molar-refractivity contribution in [1.82, 2.24) is 14.5 Å². The molecule has 1 aromatic carbocycles. The van der Waals surface area contributed by atoms with Crippen molar-refractivity contribution < 1.29 is 9.15 Å². The highest BCUT2D eigenvalue weighted by molar-refractivity contribution is 9.10. The fraction of sp³-hybridized carbons (Fsp3) is 0.375. The standard InChI is InChI=1S/C16H20BrN3O2Si/c1-23(2,3)9-8-21-11-20-7-6-18-15(20)16-19-13-5-4-12(17)10-14(13)22-16/h4-7,10H,8-9,11H2,1-3H3. The number of ether oxygens (including phenoxy) is 1. The Bertz CT molecular complexity index is 807. The average molecular weight is 394 g/mol. The van der Waals surface area contributed by atoms with Gasteiger partial charge < -0.3 is 13.7 Å². The van der Waals surface area contributed by atoms with Crippen LogP contribution in [0.4, 0.5) is 0 Å². The van der Waals surface area contributed by atoms with Crippen LogP contribution in [-0.4, -0.2) is 29.2 Å². The minimum Gasteiger partial charge on any atom is -0.434 e. The van der Waals surface area contributed by atoms with E-state index in [-0.39, 0.29) is 0 Å². The van der Waals surface area contributed by atoms with E-state index in [0.29, 0.717) is 18.4 Å². The maximum Gasteiger partial charge on any atom is 0.264 e. The largest absolute Gasteiger partial charge is 0.434 e. The topological polar surface area (TPSA) is 53.1 Å². The van der Waals surface area contributed by atoms with Gasteiger partial charge in [-0.05, 0) is 24.2 Å². The van der Waals surface area contributed by atoms with E-state index in [9.17, 15) is 0 Å². The zero-order valence-electron chi connectivity index (χ0n) is 13.5. The lowest BCUT2D eigenvalue weighted by atomic mass is 10.3. The molecule has 0 N–H and O–H groups in total. The first-order valence-electron chi connectivity index (χ1n) is 7.58. The Morgan fingerprint density at radius 1 is 1.30 bits per heavy atom. The number of fused-ring (bicyclic) bond motifs is 1. The van der Waals surface area contributed by atoms with Crippen molar-refractivity contribution in [2.75, 3.05) is 6.61 Å². The lowest BCUT2D eigenvalue weighted by molar-refractivity contribution is 0.0879. The molecule has 5 nitrogen and oxygen atoms in total. The SMILES string of the molecule is C[Si](C)(C)CCOCn1ccnc1-c1nc2ccc(Br)cc2o1. The Hall–Kier alpha value is -1.44. The molecule has 0 saturated carbocycles. The van der Waals surface area contributed by atoms with Gasteiger partial charge in [-0.25, -0.2) is 9.97 Å². The van der Waals surface area contributed by atoms with E-state index in [1.807, 2.05) is 29.0 Å². The third kappa shape index (κ3) is 4.10. The van der Waals surface area contributed by atoms with Crippen LogP contribution < -0.4 is 0 Å². The lowest BCUT2D eigenvalue weighted by Gasteiger charge is -2.15. The number of oxazole rings is 1. The molecule has 0 spiro atoms. The number of aromatic nitrogens is 3. The third-order valence-corrected chi connectivity index (χ3v) is 5.68. The minimum absolute atomic E-state index is 0.461. The van der Waals surface area contributed by atoms with Gasteiger partial charge in [-0.1, -0.05) is 35.6 Å². The lowest BCUT2D eigenvalue weighted by Crippen LogP contribution is -2.22. The normalized spacial score (nSPS) is 12.2. The second-order valence-corrected chi connectivity index (χ2v) is 13.2. The second kappa shape index (κ2) is 6.58. The maximum absolute atomic E-state index is 5.82. The van der Waals surface area contributed by atoms with E-state index in [0.717, 1.165) is 28.2 Å². The van der Waals surface area contributed by atoms with E-state index in [4.69, 9.17) is 9.15 Å².